The molecule has 2 aromatic heterocycles. The fraction of sp³-hybridized carbons (Fsp3) is 0.500. The van der Waals surface area contributed by atoms with Crippen molar-refractivity contribution in [3.05, 3.63) is 11.4 Å². The highest BCUT2D eigenvalue weighted by Crippen LogP contribution is 2.30. The van der Waals surface area contributed by atoms with Gasteiger partial charge in [0.25, 0.3) is 0 Å². The van der Waals surface area contributed by atoms with Crippen molar-refractivity contribution in [3.8, 4) is 0 Å². The van der Waals surface area contributed by atoms with Crippen LogP contribution in [0.15, 0.2) is 16.5 Å². The van der Waals surface area contributed by atoms with Crippen molar-refractivity contribution in [2.45, 2.75) is 18.9 Å². The summed E-state index contributed by atoms with van der Waals surface area (Å²) in [5, 5.41) is 16.4. The number of hydrogen-bond donors (Lipinski definition) is 2. The number of thiophene rings is 1. The number of rotatable bonds is 6. The summed E-state index contributed by atoms with van der Waals surface area (Å²) in [7, 11) is 0. The van der Waals surface area contributed by atoms with E-state index in [1.54, 1.807) is 23.1 Å². The lowest BCUT2D eigenvalue weighted by molar-refractivity contribution is 0.250. The molecule has 6 heteroatoms. The van der Waals surface area contributed by atoms with E-state index in [4.69, 9.17) is 5.11 Å². The number of aromatic nitrogens is 2. The Labute approximate surface area is 115 Å². The Hall–Kier alpha value is -0.850. The molecule has 2 N–H and O–H groups in total. The van der Waals surface area contributed by atoms with E-state index in [0.29, 0.717) is 5.95 Å². The molecule has 0 saturated carbocycles. The summed E-state index contributed by atoms with van der Waals surface area (Å²) in [4.78, 5) is 10.0. The van der Waals surface area contributed by atoms with Crippen LogP contribution in [0, 0.1) is 5.92 Å². The third-order valence-corrected chi connectivity index (χ3v) is 4.57. The number of anilines is 1. The van der Waals surface area contributed by atoms with Crippen LogP contribution in [-0.2, 0) is 0 Å². The first kappa shape index (κ1) is 13.6. The number of aliphatic hydroxyl groups excluding tert-OH is 1. The van der Waals surface area contributed by atoms with Crippen LogP contribution < -0.4 is 5.32 Å². The molecular weight excluding hydrogens is 266 g/mol. The number of nitrogens with one attached hydrogen (secondary N) is 1. The van der Waals surface area contributed by atoms with Gasteiger partial charge in [-0.15, -0.1) is 23.1 Å². The molecule has 0 fully saturated rings. The minimum atomic E-state index is 0.213. The van der Waals surface area contributed by atoms with Crippen LogP contribution in [0.25, 0.3) is 10.2 Å². The Morgan fingerprint density at radius 2 is 2.33 bits per heavy atom. The lowest BCUT2D eigenvalue weighted by atomic mass is 10.2. The highest BCUT2D eigenvalue weighted by molar-refractivity contribution is 7.99. The monoisotopic (exact) mass is 283 g/mol. The first-order valence-electron chi connectivity index (χ1n) is 5.97. The molecule has 1 unspecified atom stereocenters. The highest BCUT2D eigenvalue weighted by Gasteiger charge is 2.10. The van der Waals surface area contributed by atoms with Crippen LogP contribution >= 0.6 is 23.1 Å². The molecule has 2 rings (SSSR count). The maximum atomic E-state index is 9.07. The van der Waals surface area contributed by atoms with Gasteiger partial charge in [-0.2, -0.15) is 0 Å². The quantitative estimate of drug-likeness (QED) is 0.630. The summed E-state index contributed by atoms with van der Waals surface area (Å²) in [6.07, 6.45) is 0. The lowest BCUT2D eigenvalue weighted by Crippen LogP contribution is -2.05. The third kappa shape index (κ3) is 3.13. The SMILES string of the molecule is CCNc1nc(SCC(C)CO)c2ccsc2n1. The van der Waals surface area contributed by atoms with Gasteiger partial charge in [0.05, 0.1) is 0 Å². The third-order valence-electron chi connectivity index (χ3n) is 2.44. The minimum absolute atomic E-state index is 0.213. The average molecular weight is 283 g/mol. The molecule has 4 nitrogen and oxygen atoms in total. The summed E-state index contributed by atoms with van der Waals surface area (Å²) in [6.45, 7) is 5.09. The predicted octanol–water partition coefficient (Wildman–Crippen LogP) is 2.84. The fourth-order valence-corrected chi connectivity index (χ4v) is 3.30. The molecule has 2 aromatic rings. The molecule has 0 saturated heterocycles. The summed E-state index contributed by atoms with van der Waals surface area (Å²) in [5.41, 5.74) is 0. The topological polar surface area (TPSA) is 58.0 Å². The Kier molecular flexibility index (Phi) is 4.79. The Bertz CT molecular complexity index is 515. The molecule has 0 aliphatic rings. The second-order valence-corrected chi connectivity index (χ2v) is 6.02. The molecule has 2 heterocycles. The van der Waals surface area contributed by atoms with Crippen LogP contribution in [0.2, 0.25) is 0 Å². The fourth-order valence-electron chi connectivity index (χ4n) is 1.45. The molecule has 18 heavy (non-hydrogen) atoms. The van der Waals surface area contributed by atoms with Gasteiger partial charge in [-0.1, -0.05) is 6.92 Å². The second-order valence-electron chi connectivity index (χ2n) is 4.12. The molecule has 0 aliphatic heterocycles. The van der Waals surface area contributed by atoms with Gasteiger partial charge in [0.15, 0.2) is 0 Å². The van der Waals surface area contributed by atoms with E-state index in [9.17, 15) is 0 Å². The van der Waals surface area contributed by atoms with Gasteiger partial charge in [-0.3, -0.25) is 0 Å². The normalized spacial score (nSPS) is 12.8. The standard InChI is InChI=1S/C12H17N3OS2/c1-3-13-12-14-10-9(4-5-17-10)11(15-12)18-7-8(2)6-16/h4-5,8,16H,3,6-7H2,1-2H3,(H,13,14,15). The van der Waals surface area contributed by atoms with Crippen molar-refractivity contribution >= 4 is 39.3 Å². The molecular formula is C12H17N3OS2. The molecule has 0 aliphatic carbocycles. The number of aliphatic hydroxyl groups is 1. The maximum absolute atomic E-state index is 9.07. The van der Waals surface area contributed by atoms with E-state index >= 15 is 0 Å². The lowest BCUT2D eigenvalue weighted by Gasteiger charge is -2.09. The van der Waals surface area contributed by atoms with Crippen molar-refractivity contribution < 1.29 is 5.11 Å². The van der Waals surface area contributed by atoms with Crippen LogP contribution in [0.5, 0.6) is 0 Å². The van der Waals surface area contributed by atoms with Gasteiger partial charge < -0.3 is 10.4 Å². The van der Waals surface area contributed by atoms with Gasteiger partial charge in [-0.05, 0) is 24.3 Å². The van der Waals surface area contributed by atoms with Crippen LogP contribution in [0.4, 0.5) is 5.95 Å². The average Bonchev–Trinajstić information content (AvgIpc) is 2.84. The zero-order chi connectivity index (χ0) is 13.0. The zero-order valence-electron chi connectivity index (χ0n) is 10.5. The first-order chi connectivity index (χ1) is 8.74. The van der Waals surface area contributed by atoms with Crippen molar-refractivity contribution in [1.82, 2.24) is 9.97 Å². The van der Waals surface area contributed by atoms with Gasteiger partial charge >= 0.3 is 0 Å². The van der Waals surface area contributed by atoms with Crippen molar-refractivity contribution in [3.63, 3.8) is 0 Å². The van der Waals surface area contributed by atoms with Gasteiger partial charge in [0.2, 0.25) is 5.95 Å². The predicted molar refractivity (Wildman–Crippen MR) is 78.6 cm³/mol. The van der Waals surface area contributed by atoms with Crippen molar-refractivity contribution in [1.29, 1.82) is 0 Å². The smallest absolute Gasteiger partial charge is 0.225 e. The van der Waals surface area contributed by atoms with E-state index in [1.165, 1.54) is 0 Å². The largest absolute Gasteiger partial charge is 0.396 e. The molecule has 0 bridgehead atoms. The van der Waals surface area contributed by atoms with E-state index < -0.39 is 0 Å². The zero-order valence-corrected chi connectivity index (χ0v) is 12.1. The molecule has 98 valence electrons. The van der Waals surface area contributed by atoms with E-state index in [1.807, 2.05) is 19.2 Å². The maximum Gasteiger partial charge on any atom is 0.225 e. The van der Waals surface area contributed by atoms with Gasteiger partial charge in [0.1, 0.15) is 9.86 Å². The molecule has 0 aromatic carbocycles. The molecule has 0 amide bonds. The highest BCUT2D eigenvalue weighted by atomic mass is 32.2. The van der Waals surface area contributed by atoms with Gasteiger partial charge in [-0.25, -0.2) is 9.97 Å². The Morgan fingerprint density at radius 3 is 3.06 bits per heavy atom. The number of hydrogen-bond acceptors (Lipinski definition) is 6. The minimum Gasteiger partial charge on any atom is -0.396 e. The van der Waals surface area contributed by atoms with Crippen LogP contribution in [0.1, 0.15) is 13.8 Å². The molecule has 0 radical (unpaired) electrons. The van der Waals surface area contributed by atoms with Crippen LogP contribution in [0.3, 0.4) is 0 Å². The summed E-state index contributed by atoms with van der Waals surface area (Å²) in [6, 6.07) is 2.06. The van der Waals surface area contributed by atoms with E-state index in [2.05, 4.69) is 21.4 Å². The second kappa shape index (κ2) is 6.36. The summed E-state index contributed by atoms with van der Waals surface area (Å²) < 4.78 is 0. The molecule has 0 spiro atoms. The van der Waals surface area contributed by atoms with E-state index in [0.717, 1.165) is 27.5 Å². The van der Waals surface area contributed by atoms with Crippen molar-refractivity contribution in [2.75, 3.05) is 24.2 Å². The summed E-state index contributed by atoms with van der Waals surface area (Å²) >= 11 is 3.31. The number of fused-ring (bicyclic) bond motifs is 1. The van der Waals surface area contributed by atoms with Gasteiger partial charge in [0, 0.05) is 24.3 Å². The summed E-state index contributed by atoms with van der Waals surface area (Å²) in [5.74, 6) is 1.83. The number of thioether (sulfide) groups is 1. The van der Waals surface area contributed by atoms with E-state index in [-0.39, 0.29) is 12.5 Å². The molecule has 1 atom stereocenters. The number of nitrogens with zero attached hydrogens (tertiary/aromatic N) is 2. The van der Waals surface area contributed by atoms with Crippen LogP contribution in [-0.4, -0.2) is 34.0 Å². The van der Waals surface area contributed by atoms with Crippen molar-refractivity contribution in [2.24, 2.45) is 5.92 Å². The first-order valence-corrected chi connectivity index (χ1v) is 7.84. The Morgan fingerprint density at radius 1 is 1.50 bits per heavy atom. The Balaban J connectivity index is 2.25.